The number of hydrogen-bond donors (Lipinski definition) is 0. The van der Waals surface area contributed by atoms with Crippen LogP contribution in [-0.2, 0) is 0 Å². The summed E-state index contributed by atoms with van der Waals surface area (Å²) in [5.74, 6) is 0. The van der Waals surface area contributed by atoms with E-state index in [2.05, 4.69) is 6.58 Å². The molecule has 0 saturated heterocycles. The summed E-state index contributed by atoms with van der Waals surface area (Å²) in [6, 6.07) is 0. The van der Waals surface area contributed by atoms with Gasteiger partial charge in [-0.1, -0.05) is 0 Å². The van der Waals surface area contributed by atoms with Crippen LogP contribution in [0, 0.1) is 0 Å². The molecule has 2 heteroatoms. The molecule has 0 fully saturated rings. The van der Waals surface area contributed by atoms with Crippen LogP contribution < -0.4 is 0 Å². The van der Waals surface area contributed by atoms with Crippen molar-refractivity contribution in [2.75, 3.05) is 0 Å². The van der Waals surface area contributed by atoms with Crippen molar-refractivity contribution in [2.45, 2.75) is 6.92 Å². The first-order valence-corrected chi connectivity index (χ1v) is 5.70. The average molecular weight is 208 g/mol. The molecule has 0 aliphatic heterocycles. The summed E-state index contributed by atoms with van der Waals surface area (Å²) in [5.41, 5.74) is 0. The maximum atomic E-state index is 5.59. The number of rotatable bonds is 3. The molecule has 0 saturated carbocycles. The van der Waals surface area contributed by atoms with Gasteiger partial charge in [0.1, 0.15) is 0 Å². The van der Waals surface area contributed by atoms with Crippen molar-refractivity contribution in [1.29, 1.82) is 0 Å². The van der Waals surface area contributed by atoms with Gasteiger partial charge in [0.05, 0.1) is 0 Å². The van der Waals surface area contributed by atoms with Gasteiger partial charge in [-0.2, -0.15) is 0 Å². The number of hydrogen-bond acceptors (Lipinski definition) is 0. The fourth-order valence-electron chi connectivity index (χ4n) is 0.316. The van der Waals surface area contributed by atoms with E-state index in [4.69, 9.17) is 10.1 Å². The van der Waals surface area contributed by atoms with Crippen LogP contribution in [0.1, 0.15) is 6.92 Å². The van der Waals surface area contributed by atoms with E-state index in [1.54, 1.807) is 6.08 Å². The topological polar surface area (TPSA) is 0 Å². The molecule has 0 unspecified atom stereocenters. The van der Waals surface area contributed by atoms with E-state index in [9.17, 15) is 0 Å². The second kappa shape index (κ2) is 6.15. The molecule has 0 aromatic carbocycles. The first-order chi connectivity index (χ1) is 4.35. The van der Waals surface area contributed by atoms with Crippen molar-refractivity contribution in [3.63, 3.8) is 0 Å². The molecule has 0 heterocycles. The fraction of sp³-hybridized carbons (Fsp3) is 0.143. The molecular formula is C7H9ClSe. The Bertz CT molecular complexity index is 136. The van der Waals surface area contributed by atoms with Crippen LogP contribution in [0.15, 0.2) is 35.4 Å². The molecule has 0 bridgehead atoms. The van der Waals surface area contributed by atoms with E-state index in [0.717, 1.165) is 4.47 Å². The summed E-state index contributed by atoms with van der Waals surface area (Å²) < 4.78 is 1.11. The zero-order valence-electron chi connectivity index (χ0n) is 5.30. The summed E-state index contributed by atoms with van der Waals surface area (Å²) in [6.07, 6.45) is 7.68. The van der Waals surface area contributed by atoms with Gasteiger partial charge in [-0.3, -0.25) is 0 Å². The van der Waals surface area contributed by atoms with Gasteiger partial charge in [0.15, 0.2) is 0 Å². The monoisotopic (exact) mass is 208 g/mol. The fourth-order valence-corrected chi connectivity index (χ4v) is 1.32. The van der Waals surface area contributed by atoms with Gasteiger partial charge < -0.3 is 0 Å². The molecule has 0 rings (SSSR count). The molecule has 0 atom stereocenters. The van der Waals surface area contributed by atoms with E-state index in [0.29, 0.717) is 0 Å². The third-order valence-electron chi connectivity index (χ3n) is 0.743. The molecule has 9 heavy (non-hydrogen) atoms. The summed E-state index contributed by atoms with van der Waals surface area (Å²) in [5, 5.41) is 0. The SMILES string of the molecule is C=C/C(=C\C=C/C)[Se]Cl. The van der Waals surface area contributed by atoms with Crippen LogP contribution in [-0.4, -0.2) is 14.0 Å². The maximum absolute atomic E-state index is 5.59. The minimum absolute atomic E-state index is 0.0568. The van der Waals surface area contributed by atoms with E-state index >= 15 is 0 Å². The average Bonchev–Trinajstić information content (AvgIpc) is 1.91. The Balaban J connectivity index is 3.90. The Morgan fingerprint density at radius 2 is 2.33 bits per heavy atom. The summed E-state index contributed by atoms with van der Waals surface area (Å²) >= 11 is 0.0568. The van der Waals surface area contributed by atoms with Gasteiger partial charge >= 0.3 is 66.4 Å². The molecular weight excluding hydrogens is 198 g/mol. The van der Waals surface area contributed by atoms with E-state index in [-0.39, 0.29) is 14.0 Å². The van der Waals surface area contributed by atoms with Crippen molar-refractivity contribution >= 4 is 24.1 Å². The van der Waals surface area contributed by atoms with Crippen molar-refractivity contribution in [3.8, 4) is 0 Å². The van der Waals surface area contributed by atoms with Gasteiger partial charge in [-0.25, -0.2) is 0 Å². The van der Waals surface area contributed by atoms with Gasteiger partial charge in [0.25, 0.3) is 0 Å². The Morgan fingerprint density at radius 1 is 1.67 bits per heavy atom. The van der Waals surface area contributed by atoms with E-state index < -0.39 is 0 Å². The molecule has 0 aromatic rings. The first-order valence-electron chi connectivity index (χ1n) is 2.59. The number of allylic oxidation sites excluding steroid dienone is 5. The molecule has 0 aromatic heterocycles. The summed E-state index contributed by atoms with van der Waals surface area (Å²) in [7, 11) is 5.59. The van der Waals surface area contributed by atoms with Crippen LogP contribution in [0.3, 0.4) is 0 Å². The van der Waals surface area contributed by atoms with Gasteiger partial charge in [-0.05, 0) is 0 Å². The van der Waals surface area contributed by atoms with E-state index in [1.165, 1.54) is 0 Å². The predicted molar refractivity (Wildman–Crippen MR) is 44.7 cm³/mol. The van der Waals surface area contributed by atoms with Crippen LogP contribution >= 0.6 is 10.1 Å². The van der Waals surface area contributed by atoms with Crippen molar-refractivity contribution < 1.29 is 0 Å². The Labute approximate surface area is 66.7 Å². The molecule has 0 spiro atoms. The zero-order chi connectivity index (χ0) is 7.11. The second-order valence-corrected chi connectivity index (χ2v) is 3.49. The Hall–Kier alpha value is 0.0295. The van der Waals surface area contributed by atoms with Gasteiger partial charge in [-0.15, -0.1) is 0 Å². The molecule has 0 aliphatic carbocycles. The summed E-state index contributed by atoms with van der Waals surface area (Å²) in [4.78, 5) is 0. The third-order valence-corrected chi connectivity index (χ3v) is 2.68. The van der Waals surface area contributed by atoms with E-state index in [1.807, 2.05) is 25.2 Å². The Morgan fingerprint density at radius 3 is 2.67 bits per heavy atom. The second-order valence-electron chi connectivity index (χ2n) is 1.38. The first kappa shape index (κ1) is 9.03. The van der Waals surface area contributed by atoms with Crippen molar-refractivity contribution in [1.82, 2.24) is 0 Å². The predicted octanol–water partition coefficient (Wildman–Crippen LogP) is 2.49. The molecule has 50 valence electrons. The van der Waals surface area contributed by atoms with Crippen LogP contribution in [0.2, 0.25) is 0 Å². The minimum atomic E-state index is 0.0568. The van der Waals surface area contributed by atoms with Crippen LogP contribution in [0.4, 0.5) is 0 Å². The van der Waals surface area contributed by atoms with Gasteiger partial charge in [0, 0.05) is 0 Å². The molecule has 0 amide bonds. The van der Waals surface area contributed by atoms with Gasteiger partial charge in [0.2, 0.25) is 0 Å². The molecule has 0 aliphatic rings. The number of halogens is 1. The normalized spacial score (nSPS) is 12.4. The third kappa shape index (κ3) is 4.53. The summed E-state index contributed by atoms with van der Waals surface area (Å²) in [6.45, 7) is 5.58. The van der Waals surface area contributed by atoms with Crippen molar-refractivity contribution in [2.24, 2.45) is 0 Å². The van der Waals surface area contributed by atoms with Crippen molar-refractivity contribution in [3.05, 3.63) is 35.4 Å². The molecule has 0 nitrogen and oxygen atoms in total. The van der Waals surface area contributed by atoms with Crippen LogP contribution in [0.25, 0.3) is 0 Å². The van der Waals surface area contributed by atoms with Crippen LogP contribution in [0.5, 0.6) is 0 Å². The molecule has 0 radical (unpaired) electrons. The quantitative estimate of drug-likeness (QED) is 0.493. The zero-order valence-corrected chi connectivity index (χ0v) is 7.77. The standard InChI is InChI=1S/C7H9ClSe/c1-3-5-6-7(4-2)9-8/h3-6H,2H2,1H3/b5-3-,7-6+. The molecule has 0 N–H and O–H groups in total. The Kier molecular flexibility index (Phi) is 6.17.